The Kier molecular flexibility index (Phi) is 7.61. The van der Waals surface area contributed by atoms with Gasteiger partial charge in [0, 0.05) is 18.2 Å². The summed E-state index contributed by atoms with van der Waals surface area (Å²) in [5.74, 6) is 0.288. The van der Waals surface area contributed by atoms with Gasteiger partial charge in [0.25, 0.3) is 0 Å². The third-order valence-electron chi connectivity index (χ3n) is 3.44. The van der Waals surface area contributed by atoms with Gasteiger partial charge in [-0.2, -0.15) is 4.98 Å². The number of aryl methyl sites for hydroxylation is 1. The van der Waals surface area contributed by atoms with Gasteiger partial charge in [-0.25, -0.2) is 18.5 Å². The predicted octanol–water partition coefficient (Wildman–Crippen LogP) is 3.05. The number of sulfonamides is 1. The summed E-state index contributed by atoms with van der Waals surface area (Å²) < 4.78 is 33.4. The zero-order valence-corrected chi connectivity index (χ0v) is 18.5. The first-order chi connectivity index (χ1) is 13.4. The largest absolute Gasteiger partial charge is 0.460 e. The molecule has 0 unspecified atom stereocenters. The van der Waals surface area contributed by atoms with Gasteiger partial charge in [-0.1, -0.05) is 23.9 Å². The number of carbonyl (C=O) groups excluding carboxylic acids is 1. The average molecular weight is 440 g/mol. The molecular weight excluding hydrogens is 414 g/mol. The Balaban J connectivity index is 2.09. The molecule has 0 fully saturated rings. The van der Waals surface area contributed by atoms with Crippen LogP contribution >= 0.6 is 11.8 Å². The molecule has 1 heterocycles. The van der Waals surface area contributed by atoms with Crippen LogP contribution in [-0.2, 0) is 31.7 Å². The highest BCUT2D eigenvalue weighted by atomic mass is 32.2. The maximum absolute atomic E-state index is 11.9. The Morgan fingerprint density at radius 3 is 2.38 bits per heavy atom. The fraction of sp³-hybridized carbons (Fsp3) is 0.421. The Bertz CT molecular complexity index is 955. The van der Waals surface area contributed by atoms with Crippen LogP contribution < -0.4 is 9.88 Å². The van der Waals surface area contributed by atoms with Crippen LogP contribution in [0.1, 0.15) is 38.4 Å². The Morgan fingerprint density at radius 1 is 1.17 bits per heavy atom. The van der Waals surface area contributed by atoms with Crippen LogP contribution in [-0.4, -0.2) is 36.2 Å². The van der Waals surface area contributed by atoms with Crippen molar-refractivity contribution in [3.05, 3.63) is 41.6 Å². The third-order valence-corrected chi connectivity index (χ3v) is 4.72. The van der Waals surface area contributed by atoms with E-state index in [-0.39, 0.29) is 18.1 Å². The molecule has 0 amide bonds. The molecule has 29 heavy (non-hydrogen) atoms. The molecule has 0 saturated carbocycles. The van der Waals surface area contributed by atoms with Crippen LogP contribution in [0.15, 0.2) is 35.5 Å². The number of carbonyl (C=O) groups is 1. The fourth-order valence-electron chi connectivity index (χ4n) is 2.35. The third kappa shape index (κ3) is 8.80. The van der Waals surface area contributed by atoms with E-state index >= 15 is 0 Å². The monoisotopic (exact) mass is 439 g/mol. The second-order valence-corrected chi connectivity index (χ2v) is 9.71. The second kappa shape index (κ2) is 9.55. The van der Waals surface area contributed by atoms with E-state index in [1.165, 1.54) is 11.8 Å². The van der Waals surface area contributed by atoms with Crippen LogP contribution in [0, 0.1) is 0 Å². The summed E-state index contributed by atoms with van der Waals surface area (Å²) in [5.41, 5.74) is 0.693. The molecule has 0 saturated heterocycles. The molecule has 0 bridgehead atoms. The predicted molar refractivity (Wildman–Crippen MR) is 111 cm³/mol. The molecule has 2 aromatic rings. The van der Waals surface area contributed by atoms with Crippen molar-refractivity contribution in [2.45, 2.75) is 50.1 Å². The lowest BCUT2D eigenvalue weighted by Crippen LogP contribution is -2.24. The molecule has 0 spiro atoms. The molecule has 0 aliphatic heterocycles. The van der Waals surface area contributed by atoms with Gasteiger partial charge in [0.2, 0.25) is 15.9 Å². The molecule has 0 radical (unpaired) electrons. The highest BCUT2D eigenvalue weighted by Gasteiger charge is 2.17. The van der Waals surface area contributed by atoms with Gasteiger partial charge in [0.05, 0.1) is 12.2 Å². The summed E-state index contributed by atoms with van der Waals surface area (Å²) in [7, 11) is -3.59. The number of nitrogens with two attached hydrogens (primary N) is 1. The van der Waals surface area contributed by atoms with Crippen molar-refractivity contribution < 1.29 is 22.7 Å². The van der Waals surface area contributed by atoms with Crippen LogP contribution in [0.5, 0.6) is 11.6 Å². The molecule has 8 nitrogen and oxygen atoms in total. The van der Waals surface area contributed by atoms with Crippen molar-refractivity contribution in [1.29, 1.82) is 0 Å². The number of benzene rings is 1. The molecule has 2 rings (SSSR count). The van der Waals surface area contributed by atoms with Crippen LogP contribution in [0.4, 0.5) is 0 Å². The molecule has 10 heteroatoms. The highest BCUT2D eigenvalue weighted by molar-refractivity contribution is 7.98. The van der Waals surface area contributed by atoms with Crippen molar-refractivity contribution >= 4 is 27.8 Å². The summed E-state index contributed by atoms with van der Waals surface area (Å²) in [6.45, 7) is 5.46. The first-order valence-electron chi connectivity index (χ1n) is 8.84. The first kappa shape index (κ1) is 23.1. The minimum Gasteiger partial charge on any atom is -0.460 e. The Morgan fingerprint density at radius 2 is 1.83 bits per heavy atom. The van der Waals surface area contributed by atoms with Crippen molar-refractivity contribution in [2.24, 2.45) is 5.14 Å². The quantitative estimate of drug-likeness (QED) is 0.378. The number of hydrogen-bond donors (Lipinski definition) is 1. The van der Waals surface area contributed by atoms with E-state index < -0.39 is 15.6 Å². The van der Waals surface area contributed by atoms with E-state index in [0.29, 0.717) is 34.5 Å². The number of thioether (sulfide) groups is 1. The average Bonchev–Trinajstić information content (AvgIpc) is 2.59. The minimum atomic E-state index is -3.59. The molecule has 0 atom stereocenters. The van der Waals surface area contributed by atoms with Crippen molar-refractivity contribution in [1.82, 2.24) is 9.97 Å². The van der Waals surface area contributed by atoms with E-state index in [1.54, 1.807) is 30.3 Å². The number of primary sulfonamides is 1. The molecule has 0 aliphatic carbocycles. The van der Waals surface area contributed by atoms with Crippen molar-refractivity contribution in [3.63, 3.8) is 0 Å². The van der Waals surface area contributed by atoms with Gasteiger partial charge in [-0.15, -0.1) is 0 Å². The topological polar surface area (TPSA) is 121 Å². The number of esters is 1. The summed E-state index contributed by atoms with van der Waals surface area (Å²) in [6.07, 6.45) is 2.44. The molecular formula is C19H25N3O5S2. The normalized spacial score (nSPS) is 11.9. The highest BCUT2D eigenvalue weighted by Crippen LogP contribution is 2.24. The molecule has 1 aromatic heterocycles. The van der Waals surface area contributed by atoms with E-state index in [0.717, 1.165) is 0 Å². The Hall–Kier alpha value is -2.17. The van der Waals surface area contributed by atoms with E-state index in [4.69, 9.17) is 14.6 Å². The first-order valence-corrected chi connectivity index (χ1v) is 11.8. The van der Waals surface area contributed by atoms with Gasteiger partial charge in [-0.3, -0.25) is 4.79 Å². The lowest BCUT2D eigenvalue weighted by Gasteiger charge is -2.19. The second-order valence-electron chi connectivity index (χ2n) is 7.32. The molecule has 158 valence electrons. The lowest BCUT2D eigenvalue weighted by molar-refractivity contribution is -0.154. The Labute approximate surface area is 175 Å². The number of rotatable bonds is 8. The van der Waals surface area contributed by atoms with Gasteiger partial charge in [0.1, 0.15) is 11.4 Å². The summed E-state index contributed by atoms with van der Waals surface area (Å²) in [5, 5.41) is 5.57. The van der Waals surface area contributed by atoms with Gasteiger partial charge < -0.3 is 9.47 Å². The number of ether oxygens (including phenoxy) is 2. The number of hydrogen-bond acceptors (Lipinski definition) is 8. The molecule has 0 aliphatic rings. The van der Waals surface area contributed by atoms with Crippen molar-refractivity contribution in [2.75, 3.05) is 6.26 Å². The van der Waals surface area contributed by atoms with Gasteiger partial charge >= 0.3 is 5.97 Å². The minimum absolute atomic E-state index is 0.198. The molecule has 1 aromatic carbocycles. The summed E-state index contributed by atoms with van der Waals surface area (Å²) in [4.78, 5) is 20.7. The van der Waals surface area contributed by atoms with E-state index in [2.05, 4.69) is 9.97 Å². The summed E-state index contributed by atoms with van der Waals surface area (Å²) in [6, 6.07) is 8.20. The maximum atomic E-state index is 11.9. The smallest absolute Gasteiger partial charge is 0.306 e. The zero-order chi connectivity index (χ0) is 21.7. The maximum Gasteiger partial charge on any atom is 0.306 e. The van der Waals surface area contributed by atoms with Crippen LogP contribution in [0.25, 0.3) is 0 Å². The van der Waals surface area contributed by atoms with Crippen LogP contribution in [0.3, 0.4) is 0 Å². The van der Waals surface area contributed by atoms with Gasteiger partial charge in [0.15, 0.2) is 5.16 Å². The summed E-state index contributed by atoms with van der Waals surface area (Å²) >= 11 is 1.36. The molecule has 2 N–H and O–H groups in total. The zero-order valence-electron chi connectivity index (χ0n) is 16.8. The SMILES string of the molecule is CSc1nc(CCC(=O)OC(C)(C)C)cc(Oc2ccc(CS(N)(=O)=O)cc2)n1. The standard InChI is InChI=1S/C19H25N3O5S2/c1-19(2,3)27-17(23)10-7-14-11-16(22-18(21-14)28-4)26-15-8-5-13(6-9-15)12-29(20,24)25/h5-6,8-9,11H,7,10,12H2,1-4H3,(H2,20,24,25). The van der Waals surface area contributed by atoms with E-state index in [1.807, 2.05) is 27.0 Å². The lowest BCUT2D eigenvalue weighted by atomic mass is 10.2. The van der Waals surface area contributed by atoms with Crippen LogP contribution in [0.2, 0.25) is 0 Å². The van der Waals surface area contributed by atoms with E-state index in [9.17, 15) is 13.2 Å². The fourth-order valence-corrected chi connectivity index (χ4v) is 3.40. The van der Waals surface area contributed by atoms with Crippen molar-refractivity contribution in [3.8, 4) is 11.6 Å². The number of nitrogens with zero attached hydrogens (tertiary/aromatic N) is 2. The number of aromatic nitrogens is 2. The van der Waals surface area contributed by atoms with Gasteiger partial charge in [-0.05, 0) is 44.7 Å².